The van der Waals surface area contributed by atoms with Gasteiger partial charge in [-0.2, -0.15) is 0 Å². The fraction of sp³-hybridized carbons (Fsp3) is 0.147. The lowest BCUT2D eigenvalue weighted by atomic mass is 10.1. The fourth-order valence-electron chi connectivity index (χ4n) is 4.12. The Morgan fingerprint density at radius 1 is 0.857 bits per heavy atom. The van der Waals surface area contributed by atoms with Crippen molar-refractivity contribution in [3.05, 3.63) is 130 Å². The second kappa shape index (κ2) is 14.5. The molecule has 4 rings (SSSR count). The zero-order valence-corrected chi connectivity index (χ0v) is 25.2. The number of nitrogens with one attached hydrogen (secondary N) is 3. The van der Waals surface area contributed by atoms with Gasteiger partial charge in [0, 0.05) is 26.9 Å². The highest BCUT2D eigenvalue weighted by Gasteiger charge is 2.20. The number of aryl methyl sites for hydroxylation is 1. The molecule has 6 nitrogen and oxygen atoms in total. The highest BCUT2D eigenvalue weighted by atomic mass is 35.5. The van der Waals surface area contributed by atoms with E-state index >= 15 is 0 Å². The predicted octanol–water partition coefficient (Wildman–Crippen LogP) is 7.88. The van der Waals surface area contributed by atoms with Crippen LogP contribution in [0.5, 0.6) is 0 Å². The van der Waals surface area contributed by atoms with Crippen molar-refractivity contribution in [1.29, 1.82) is 0 Å². The van der Waals surface area contributed by atoms with Crippen LogP contribution < -0.4 is 16.0 Å². The van der Waals surface area contributed by atoms with Gasteiger partial charge in [0.1, 0.15) is 5.70 Å². The smallest absolute Gasteiger partial charge is 0.272 e. The summed E-state index contributed by atoms with van der Waals surface area (Å²) < 4.78 is 0. The first kappa shape index (κ1) is 30.6. The van der Waals surface area contributed by atoms with E-state index in [-0.39, 0.29) is 16.9 Å². The van der Waals surface area contributed by atoms with Crippen LogP contribution in [-0.2, 0) is 9.59 Å². The predicted molar refractivity (Wildman–Crippen MR) is 173 cm³/mol. The van der Waals surface area contributed by atoms with E-state index < -0.39 is 11.8 Å². The summed E-state index contributed by atoms with van der Waals surface area (Å²) in [5.41, 5.74) is 4.51. The molecule has 1 atom stereocenters. The lowest BCUT2D eigenvalue weighted by Gasteiger charge is -2.17. The van der Waals surface area contributed by atoms with E-state index in [0.29, 0.717) is 28.3 Å². The Morgan fingerprint density at radius 3 is 2.31 bits per heavy atom. The van der Waals surface area contributed by atoms with E-state index in [4.69, 9.17) is 11.6 Å². The number of thioether (sulfide) groups is 1. The summed E-state index contributed by atoms with van der Waals surface area (Å²) in [6.07, 6.45) is 2.16. The molecule has 0 aliphatic rings. The van der Waals surface area contributed by atoms with Crippen molar-refractivity contribution in [1.82, 2.24) is 5.32 Å². The molecule has 3 N–H and O–H groups in total. The van der Waals surface area contributed by atoms with E-state index in [1.165, 1.54) is 11.8 Å². The molecule has 0 saturated carbocycles. The zero-order chi connectivity index (χ0) is 30.1. The molecule has 214 valence electrons. The third kappa shape index (κ3) is 8.12. The maximum absolute atomic E-state index is 13.4. The Kier molecular flexibility index (Phi) is 10.6. The minimum Gasteiger partial charge on any atom is -0.325 e. The lowest BCUT2D eigenvalue weighted by molar-refractivity contribution is -0.116. The Hall–Kier alpha value is -4.33. The van der Waals surface area contributed by atoms with E-state index in [0.717, 1.165) is 21.7 Å². The number of halogens is 1. The number of rotatable bonds is 10. The molecular formula is C34H32ClN3O3S. The van der Waals surface area contributed by atoms with Crippen molar-refractivity contribution < 1.29 is 14.4 Å². The van der Waals surface area contributed by atoms with Crippen LogP contribution >= 0.6 is 23.4 Å². The second-order valence-corrected chi connectivity index (χ2v) is 11.3. The third-order valence-corrected chi connectivity index (χ3v) is 8.33. The minimum atomic E-state index is -0.513. The van der Waals surface area contributed by atoms with Gasteiger partial charge >= 0.3 is 0 Å². The van der Waals surface area contributed by atoms with Crippen LogP contribution in [0, 0.1) is 13.8 Å². The van der Waals surface area contributed by atoms with Crippen LogP contribution in [-0.4, -0.2) is 23.0 Å². The Bertz CT molecular complexity index is 1620. The van der Waals surface area contributed by atoms with Gasteiger partial charge in [0.15, 0.2) is 0 Å². The summed E-state index contributed by atoms with van der Waals surface area (Å²) in [6.45, 7) is 5.97. The molecule has 0 radical (unpaired) electrons. The van der Waals surface area contributed by atoms with Crippen molar-refractivity contribution in [3.63, 3.8) is 0 Å². The van der Waals surface area contributed by atoms with Gasteiger partial charge in [-0.3, -0.25) is 14.4 Å². The van der Waals surface area contributed by atoms with Gasteiger partial charge in [0.25, 0.3) is 11.8 Å². The first-order valence-electron chi connectivity index (χ1n) is 13.5. The average Bonchev–Trinajstić information content (AvgIpc) is 2.99. The Labute approximate surface area is 255 Å². The standard InChI is InChI=1S/C34H32ClN3O3S/c1-4-31(34(41)37-29-19-10-12-22(2)23(29)3)42-27-17-11-16-26(21-27)36-33(40)30(20-25-15-8-9-18-28(25)35)38-32(39)24-13-6-5-7-14-24/h5-21,31H,4H2,1-3H3,(H,36,40)(H,37,41)(H,38,39)/b30-20+. The van der Waals surface area contributed by atoms with Gasteiger partial charge in [-0.1, -0.05) is 73.1 Å². The summed E-state index contributed by atoms with van der Waals surface area (Å²) in [5, 5.41) is 8.76. The SMILES string of the molecule is CCC(Sc1cccc(NC(=O)/C(=C\c2ccccc2Cl)NC(=O)c2ccccc2)c1)C(=O)Nc1cccc(C)c1C. The number of carbonyl (C=O) groups is 3. The molecular weight excluding hydrogens is 566 g/mol. The van der Waals surface area contributed by atoms with E-state index in [1.807, 2.05) is 63.2 Å². The molecule has 0 bridgehead atoms. The highest BCUT2D eigenvalue weighted by Crippen LogP contribution is 2.29. The molecule has 0 fully saturated rings. The molecule has 4 aromatic rings. The molecule has 4 aromatic carbocycles. The summed E-state index contributed by atoms with van der Waals surface area (Å²) in [5.74, 6) is -1.02. The summed E-state index contributed by atoms with van der Waals surface area (Å²) in [6, 6.07) is 28.8. The fourth-order valence-corrected chi connectivity index (χ4v) is 5.33. The van der Waals surface area contributed by atoms with Crippen molar-refractivity contribution in [3.8, 4) is 0 Å². The molecule has 0 spiro atoms. The van der Waals surface area contributed by atoms with Gasteiger partial charge in [-0.05, 0) is 85.5 Å². The monoisotopic (exact) mass is 597 g/mol. The maximum atomic E-state index is 13.4. The molecule has 0 heterocycles. The Balaban J connectivity index is 1.51. The largest absolute Gasteiger partial charge is 0.325 e. The molecule has 8 heteroatoms. The van der Waals surface area contributed by atoms with Crippen molar-refractivity contribution in [2.75, 3.05) is 10.6 Å². The number of benzene rings is 4. The maximum Gasteiger partial charge on any atom is 0.272 e. The zero-order valence-electron chi connectivity index (χ0n) is 23.6. The van der Waals surface area contributed by atoms with E-state index in [1.54, 1.807) is 60.7 Å². The summed E-state index contributed by atoms with van der Waals surface area (Å²) >= 11 is 7.76. The molecule has 0 saturated heterocycles. The normalized spacial score (nSPS) is 11.9. The van der Waals surface area contributed by atoms with Crippen molar-refractivity contribution >= 4 is 58.5 Å². The Morgan fingerprint density at radius 2 is 1.57 bits per heavy atom. The van der Waals surface area contributed by atoms with Gasteiger partial charge in [0.05, 0.1) is 5.25 Å². The molecule has 0 aromatic heterocycles. The minimum absolute atomic E-state index is 0.0364. The summed E-state index contributed by atoms with van der Waals surface area (Å²) in [4.78, 5) is 40.3. The van der Waals surface area contributed by atoms with Crippen LogP contribution in [0.2, 0.25) is 5.02 Å². The topological polar surface area (TPSA) is 87.3 Å². The van der Waals surface area contributed by atoms with Gasteiger partial charge in [-0.15, -0.1) is 11.8 Å². The second-order valence-electron chi connectivity index (χ2n) is 9.63. The van der Waals surface area contributed by atoms with Gasteiger partial charge in [-0.25, -0.2) is 0 Å². The van der Waals surface area contributed by atoms with Crippen molar-refractivity contribution in [2.24, 2.45) is 0 Å². The molecule has 1 unspecified atom stereocenters. The third-order valence-electron chi connectivity index (χ3n) is 6.63. The van der Waals surface area contributed by atoms with Crippen molar-refractivity contribution in [2.45, 2.75) is 37.3 Å². The average molecular weight is 598 g/mol. The number of amides is 3. The molecule has 42 heavy (non-hydrogen) atoms. The highest BCUT2D eigenvalue weighted by molar-refractivity contribution is 8.00. The van der Waals surface area contributed by atoms with Gasteiger partial charge in [0.2, 0.25) is 5.91 Å². The van der Waals surface area contributed by atoms with Crippen LogP contribution in [0.15, 0.2) is 108 Å². The van der Waals surface area contributed by atoms with E-state index in [2.05, 4.69) is 16.0 Å². The first-order chi connectivity index (χ1) is 20.2. The number of carbonyl (C=O) groups excluding carboxylic acids is 3. The number of hydrogen-bond acceptors (Lipinski definition) is 4. The lowest BCUT2D eigenvalue weighted by Crippen LogP contribution is -2.30. The molecule has 0 aliphatic heterocycles. The quantitative estimate of drug-likeness (QED) is 0.128. The van der Waals surface area contributed by atoms with Crippen LogP contribution in [0.3, 0.4) is 0 Å². The van der Waals surface area contributed by atoms with Crippen LogP contribution in [0.1, 0.15) is 40.4 Å². The summed E-state index contributed by atoms with van der Waals surface area (Å²) in [7, 11) is 0. The van der Waals surface area contributed by atoms with Crippen LogP contribution in [0.25, 0.3) is 6.08 Å². The van der Waals surface area contributed by atoms with Crippen LogP contribution in [0.4, 0.5) is 11.4 Å². The number of hydrogen-bond donors (Lipinski definition) is 3. The molecule has 0 aliphatic carbocycles. The number of anilines is 2. The molecule has 3 amide bonds. The van der Waals surface area contributed by atoms with E-state index in [9.17, 15) is 14.4 Å². The first-order valence-corrected chi connectivity index (χ1v) is 14.8. The van der Waals surface area contributed by atoms with Gasteiger partial charge < -0.3 is 16.0 Å².